The van der Waals surface area contributed by atoms with Crippen molar-refractivity contribution in [3.8, 4) is 5.75 Å². The second-order valence-electron chi connectivity index (χ2n) is 5.86. The number of hydrogen-bond donors (Lipinski definition) is 3. The second-order valence-corrected chi connectivity index (χ2v) is 7.54. The quantitative estimate of drug-likeness (QED) is 0.648. The van der Waals surface area contributed by atoms with Gasteiger partial charge in [-0.05, 0) is 37.3 Å². The molecular weight excluding hydrogens is 389 g/mol. The Kier molecular flexibility index (Phi) is 6.71. The van der Waals surface area contributed by atoms with E-state index in [0.717, 1.165) is 12.1 Å². The SMILES string of the molecule is COc1ccc(NC(=O)[C@H](C)NS(=O)(=O)c2ccccc2F)cc1NC(C)=O. The van der Waals surface area contributed by atoms with E-state index >= 15 is 0 Å². The highest BCUT2D eigenvalue weighted by Gasteiger charge is 2.24. The average Bonchev–Trinajstić information content (AvgIpc) is 2.61. The number of rotatable bonds is 7. The largest absolute Gasteiger partial charge is 0.495 e. The van der Waals surface area contributed by atoms with Crippen LogP contribution in [-0.4, -0.2) is 33.4 Å². The summed E-state index contributed by atoms with van der Waals surface area (Å²) in [5, 5.41) is 5.09. The first-order chi connectivity index (χ1) is 13.1. The third kappa shape index (κ3) is 5.27. The highest BCUT2D eigenvalue weighted by Crippen LogP contribution is 2.28. The van der Waals surface area contributed by atoms with E-state index in [4.69, 9.17) is 4.74 Å². The maximum Gasteiger partial charge on any atom is 0.244 e. The fourth-order valence-corrected chi connectivity index (χ4v) is 3.62. The summed E-state index contributed by atoms with van der Waals surface area (Å²) in [5.74, 6) is -1.52. The molecule has 2 rings (SSSR count). The van der Waals surface area contributed by atoms with Crippen molar-refractivity contribution >= 4 is 33.2 Å². The van der Waals surface area contributed by atoms with Crippen molar-refractivity contribution < 1.29 is 27.1 Å². The van der Waals surface area contributed by atoms with E-state index < -0.39 is 32.7 Å². The van der Waals surface area contributed by atoms with E-state index in [2.05, 4.69) is 15.4 Å². The lowest BCUT2D eigenvalue weighted by atomic mass is 10.2. The molecule has 150 valence electrons. The minimum Gasteiger partial charge on any atom is -0.495 e. The molecule has 3 N–H and O–H groups in total. The van der Waals surface area contributed by atoms with Crippen LogP contribution in [0.3, 0.4) is 0 Å². The number of carbonyl (C=O) groups excluding carboxylic acids is 2. The molecule has 0 saturated carbocycles. The Morgan fingerprint density at radius 3 is 2.39 bits per heavy atom. The molecule has 1 atom stereocenters. The maximum absolute atomic E-state index is 13.7. The van der Waals surface area contributed by atoms with Gasteiger partial charge < -0.3 is 15.4 Å². The Labute approximate surface area is 162 Å². The van der Waals surface area contributed by atoms with Gasteiger partial charge in [0.15, 0.2) is 0 Å². The lowest BCUT2D eigenvalue weighted by Gasteiger charge is -2.16. The van der Waals surface area contributed by atoms with Gasteiger partial charge in [0, 0.05) is 12.6 Å². The number of methoxy groups -OCH3 is 1. The molecule has 0 aromatic heterocycles. The highest BCUT2D eigenvalue weighted by molar-refractivity contribution is 7.89. The van der Waals surface area contributed by atoms with Crippen LogP contribution in [0.4, 0.5) is 15.8 Å². The summed E-state index contributed by atoms with van der Waals surface area (Å²) in [4.78, 5) is 23.1. The summed E-state index contributed by atoms with van der Waals surface area (Å²) >= 11 is 0. The number of carbonyl (C=O) groups is 2. The number of hydrogen-bond acceptors (Lipinski definition) is 5. The molecule has 10 heteroatoms. The van der Waals surface area contributed by atoms with Crippen LogP contribution in [0.5, 0.6) is 5.75 Å². The van der Waals surface area contributed by atoms with Gasteiger partial charge >= 0.3 is 0 Å². The fourth-order valence-electron chi connectivity index (χ4n) is 2.34. The first kappa shape index (κ1) is 21.3. The van der Waals surface area contributed by atoms with Crippen LogP contribution in [0.25, 0.3) is 0 Å². The highest BCUT2D eigenvalue weighted by atomic mass is 32.2. The fraction of sp³-hybridized carbons (Fsp3) is 0.222. The van der Waals surface area contributed by atoms with E-state index in [1.165, 1.54) is 51.3 Å². The molecule has 28 heavy (non-hydrogen) atoms. The lowest BCUT2D eigenvalue weighted by Crippen LogP contribution is -2.41. The van der Waals surface area contributed by atoms with E-state index in [0.29, 0.717) is 17.1 Å². The number of anilines is 2. The molecule has 0 unspecified atom stereocenters. The van der Waals surface area contributed by atoms with Gasteiger partial charge in [-0.1, -0.05) is 12.1 Å². The molecule has 0 fully saturated rings. The van der Waals surface area contributed by atoms with Gasteiger partial charge in [0.1, 0.15) is 16.5 Å². The average molecular weight is 409 g/mol. The number of nitrogens with one attached hydrogen (secondary N) is 3. The van der Waals surface area contributed by atoms with Crippen molar-refractivity contribution in [2.45, 2.75) is 24.8 Å². The first-order valence-corrected chi connectivity index (χ1v) is 9.65. The third-order valence-corrected chi connectivity index (χ3v) is 5.20. The number of halogens is 1. The molecule has 0 spiro atoms. The van der Waals surface area contributed by atoms with Crippen LogP contribution in [0.1, 0.15) is 13.8 Å². The number of amides is 2. The zero-order valence-corrected chi connectivity index (χ0v) is 16.3. The monoisotopic (exact) mass is 409 g/mol. The molecule has 2 amide bonds. The molecular formula is C18H20FN3O5S. The van der Waals surface area contributed by atoms with Crippen LogP contribution in [-0.2, 0) is 19.6 Å². The summed E-state index contributed by atoms with van der Waals surface area (Å²) < 4.78 is 45.6. The topological polar surface area (TPSA) is 114 Å². The third-order valence-electron chi connectivity index (χ3n) is 3.63. The minimum absolute atomic E-state index is 0.312. The van der Waals surface area contributed by atoms with Crippen molar-refractivity contribution in [3.05, 3.63) is 48.3 Å². The predicted octanol–water partition coefficient (Wildman–Crippen LogP) is 2.10. The van der Waals surface area contributed by atoms with Crippen LogP contribution in [0, 0.1) is 5.82 Å². The van der Waals surface area contributed by atoms with Gasteiger partial charge in [-0.15, -0.1) is 0 Å². The summed E-state index contributed by atoms with van der Waals surface area (Å²) in [6.07, 6.45) is 0. The zero-order chi connectivity index (χ0) is 20.9. The van der Waals surface area contributed by atoms with Gasteiger partial charge in [0.05, 0.1) is 18.8 Å². The summed E-state index contributed by atoms with van der Waals surface area (Å²) in [6, 6.07) is 8.21. The van der Waals surface area contributed by atoms with Crippen molar-refractivity contribution in [1.82, 2.24) is 4.72 Å². The van der Waals surface area contributed by atoms with Crippen LogP contribution < -0.4 is 20.1 Å². The maximum atomic E-state index is 13.7. The van der Waals surface area contributed by atoms with Crippen molar-refractivity contribution in [2.24, 2.45) is 0 Å². The van der Waals surface area contributed by atoms with Crippen molar-refractivity contribution in [1.29, 1.82) is 0 Å². The number of benzene rings is 2. The standard InChI is InChI=1S/C18H20FN3O5S/c1-11(22-28(25,26)17-7-5-4-6-14(17)19)18(24)21-13-8-9-16(27-3)15(10-13)20-12(2)23/h4-11,22H,1-3H3,(H,20,23)(H,21,24)/t11-/m0/s1. The Morgan fingerprint density at radius 1 is 1.11 bits per heavy atom. The molecule has 8 nitrogen and oxygen atoms in total. The lowest BCUT2D eigenvalue weighted by molar-refractivity contribution is -0.117. The Bertz CT molecular complexity index is 994. The summed E-state index contributed by atoms with van der Waals surface area (Å²) in [6.45, 7) is 2.65. The van der Waals surface area contributed by atoms with Crippen LogP contribution in [0.2, 0.25) is 0 Å². The Hall–Kier alpha value is -2.98. The van der Waals surface area contributed by atoms with Gasteiger partial charge in [0.25, 0.3) is 0 Å². The normalized spacial score (nSPS) is 12.1. The summed E-state index contributed by atoms with van der Waals surface area (Å²) in [5.41, 5.74) is 0.652. The smallest absolute Gasteiger partial charge is 0.244 e. The number of sulfonamides is 1. The molecule has 0 aliphatic carbocycles. The van der Waals surface area contributed by atoms with E-state index in [1.807, 2.05) is 0 Å². The zero-order valence-electron chi connectivity index (χ0n) is 15.4. The van der Waals surface area contributed by atoms with Gasteiger partial charge in [-0.3, -0.25) is 9.59 Å². The Morgan fingerprint density at radius 2 is 1.79 bits per heavy atom. The summed E-state index contributed by atoms with van der Waals surface area (Å²) in [7, 11) is -2.80. The number of ether oxygens (including phenoxy) is 1. The molecule has 2 aromatic rings. The van der Waals surface area contributed by atoms with Crippen LogP contribution in [0.15, 0.2) is 47.4 Å². The second kappa shape index (κ2) is 8.81. The molecule has 2 aromatic carbocycles. The van der Waals surface area contributed by atoms with E-state index in [9.17, 15) is 22.4 Å². The van der Waals surface area contributed by atoms with Crippen LogP contribution >= 0.6 is 0 Å². The van der Waals surface area contributed by atoms with Crippen molar-refractivity contribution in [2.75, 3.05) is 17.7 Å². The van der Waals surface area contributed by atoms with E-state index in [1.54, 1.807) is 0 Å². The molecule has 0 radical (unpaired) electrons. The molecule has 0 bridgehead atoms. The van der Waals surface area contributed by atoms with E-state index in [-0.39, 0.29) is 5.91 Å². The first-order valence-electron chi connectivity index (χ1n) is 8.17. The predicted molar refractivity (Wildman–Crippen MR) is 102 cm³/mol. The minimum atomic E-state index is -4.23. The van der Waals surface area contributed by atoms with Gasteiger partial charge in [-0.2, -0.15) is 4.72 Å². The van der Waals surface area contributed by atoms with Crippen molar-refractivity contribution in [3.63, 3.8) is 0 Å². The van der Waals surface area contributed by atoms with Gasteiger partial charge in [-0.25, -0.2) is 12.8 Å². The molecule has 0 heterocycles. The molecule has 0 aliphatic heterocycles. The van der Waals surface area contributed by atoms with Gasteiger partial charge in [0.2, 0.25) is 21.8 Å². The Balaban J connectivity index is 2.14. The molecule has 0 saturated heterocycles. The molecule has 0 aliphatic rings.